The quantitative estimate of drug-likeness (QED) is 0.617. The number of hydrogen-bond donors (Lipinski definition) is 3. The highest BCUT2D eigenvalue weighted by Gasteiger charge is 2.17. The Balaban J connectivity index is 1.84. The third kappa shape index (κ3) is 2.93. The molecular weight excluding hydrogens is 308 g/mol. The average molecular weight is 322 g/mol. The van der Waals surface area contributed by atoms with Crippen LogP contribution in [0.25, 0.3) is 11.3 Å². The summed E-state index contributed by atoms with van der Waals surface area (Å²) in [7, 11) is 0. The van der Waals surface area contributed by atoms with Crippen LogP contribution < -0.4 is 16.9 Å². The predicted octanol–water partition coefficient (Wildman–Crippen LogP) is 1.01. The van der Waals surface area contributed by atoms with Gasteiger partial charge in [-0.15, -0.1) is 0 Å². The fourth-order valence-electron chi connectivity index (χ4n) is 2.22. The van der Waals surface area contributed by atoms with Gasteiger partial charge in [0, 0.05) is 17.3 Å². The second kappa shape index (κ2) is 6.21. The number of nitrogens with two attached hydrogens (primary N) is 2. The van der Waals surface area contributed by atoms with Crippen LogP contribution in [0.15, 0.2) is 55.0 Å². The highest BCUT2D eigenvalue weighted by molar-refractivity contribution is 6.04. The van der Waals surface area contributed by atoms with Gasteiger partial charge < -0.3 is 16.9 Å². The first kappa shape index (κ1) is 15.2. The molecule has 0 unspecified atom stereocenters. The fraction of sp³-hybridized carbons (Fsp3) is 0. The molecule has 0 saturated heterocycles. The number of benzene rings is 1. The number of aromatic nitrogens is 3. The van der Waals surface area contributed by atoms with Gasteiger partial charge >= 0.3 is 0 Å². The van der Waals surface area contributed by atoms with Gasteiger partial charge in [-0.1, -0.05) is 18.2 Å². The van der Waals surface area contributed by atoms with Crippen molar-refractivity contribution in [3.63, 3.8) is 0 Å². The number of carbonyl (C=O) groups is 2. The first-order valence-corrected chi connectivity index (χ1v) is 7.01. The molecule has 0 saturated carbocycles. The van der Waals surface area contributed by atoms with Crippen LogP contribution in [0.2, 0.25) is 0 Å². The van der Waals surface area contributed by atoms with Gasteiger partial charge in [0.1, 0.15) is 17.8 Å². The van der Waals surface area contributed by atoms with Crippen molar-refractivity contribution in [3.8, 4) is 11.3 Å². The minimum Gasteiger partial charge on any atom is -0.364 e. The Labute approximate surface area is 137 Å². The topological polar surface area (TPSA) is 129 Å². The number of anilines is 1. The van der Waals surface area contributed by atoms with Gasteiger partial charge in [-0.25, -0.2) is 14.6 Å². The molecule has 0 radical (unpaired) electrons. The maximum absolute atomic E-state index is 12.2. The first-order valence-electron chi connectivity index (χ1n) is 7.01. The molecule has 2 aromatic heterocycles. The van der Waals surface area contributed by atoms with E-state index in [1.54, 1.807) is 48.7 Å². The standard InChI is InChI=1S/C16H14N6O2/c17-15(23)14-13(20-9-22(14)18)10-4-6-11(7-5-10)16(24)21-12-3-1-2-8-19-12/h1-9H,18H2,(H2,17,23)(H,19,21,24). The summed E-state index contributed by atoms with van der Waals surface area (Å²) in [5, 5.41) is 2.69. The Morgan fingerprint density at radius 2 is 1.79 bits per heavy atom. The predicted molar refractivity (Wildman–Crippen MR) is 88.5 cm³/mol. The molecule has 3 rings (SSSR count). The summed E-state index contributed by atoms with van der Waals surface area (Å²) in [6.45, 7) is 0. The van der Waals surface area contributed by atoms with Crippen LogP contribution in [-0.4, -0.2) is 26.5 Å². The lowest BCUT2D eigenvalue weighted by atomic mass is 10.1. The van der Waals surface area contributed by atoms with E-state index in [1.165, 1.54) is 6.33 Å². The number of carbonyl (C=O) groups excluding carboxylic acids is 2. The number of imidazole rings is 1. The number of primary amides is 1. The van der Waals surface area contributed by atoms with Crippen LogP contribution in [-0.2, 0) is 0 Å². The van der Waals surface area contributed by atoms with Crippen LogP contribution >= 0.6 is 0 Å². The number of nitrogens with one attached hydrogen (secondary N) is 1. The molecule has 0 aliphatic carbocycles. The van der Waals surface area contributed by atoms with Crippen molar-refractivity contribution in [1.29, 1.82) is 0 Å². The van der Waals surface area contributed by atoms with Crippen molar-refractivity contribution in [3.05, 3.63) is 66.2 Å². The van der Waals surface area contributed by atoms with E-state index >= 15 is 0 Å². The second-order valence-corrected chi connectivity index (χ2v) is 4.96. The Morgan fingerprint density at radius 3 is 2.42 bits per heavy atom. The van der Waals surface area contributed by atoms with Crippen LogP contribution in [0.3, 0.4) is 0 Å². The Morgan fingerprint density at radius 1 is 1.04 bits per heavy atom. The number of hydrogen-bond acceptors (Lipinski definition) is 5. The van der Waals surface area contributed by atoms with Crippen molar-refractivity contribution in [2.45, 2.75) is 0 Å². The molecule has 2 heterocycles. The van der Waals surface area contributed by atoms with Crippen LogP contribution in [0.5, 0.6) is 0 Å². The Kier molecular flexibility index (Phi) is 3.94. The summed E-state index contributed by atoms with van der Waals surface area (Å²) in [5.74, 6) is 5.12. The lowest BCUT2D eigenvalue weighted by molar-refractivity contribution is 0.0991. The van der Waals surface area contributed by atoms with E-state index in [9.17, 15) is 9.59 Å². The maximum Gasteiger partial charge on any atom is 0.269 e. The molecule has 1 aromatic carbocycles. The molecule has 0 spiro atoms. The van der Waals surface area contributed by atoms with Crippen LogP contribution in [0.4, 0.5) is 5.82 Å². The molecule has 5 N–H and O–H groups in total. The van der Waals surface area contributed by atoms with Gasteiger partial charge in [0.05, 0.1) is 0 Å². The van der Waals surface area contributed by atoms with Crippen LogP contribution in [0.1, 0.15) is 20.8 Å². The zero-order valence-electron chi connectivity index (χ0n) is 12.5. The van der Waals surface area contributed by atoms with E-state index in [-0.39, 0.29) is 11.6 Å². The molecule has 0 aliphatic heterocycles. The average Bonchev–Trinajstić information content (AvgIpc) is 2.98. The number of nitrogen functional groups attached to an aromatic ring is 1. The highest BCUT2D eigenvalue weighted by Crippen LogP contribution is 2.21. The molecule has 8 nitrogen and oxygen atoms in total. The summed E-state index contributed by atoms with van der Waals surface area (Å²) in [6, 6.07) is 11.8. The third-order valence-corrected chi connectivity index (χ3v) is 3.35. The minimum absolute atomic E-state index is 0.0979. The van der Waals surface area contributed by atoms with Crippen molar-refractivity contribution >= 4 is 17.6 Å². The maximum atomic E-state index is 12.2. The number of rotatable bonds is 4. The lowest BCUT2D eigenvalue weighted by Gasteiger charge is -2.06. The summed E-state index contributed by atoms with van der Waals surface area (Å²) in [6.07, 6.45) is 2.89. The molecular formula is C16H14N6O2. The van der Waals surface area contributed by atoms with Gasteiger partial charge in [-0.2, -0.15) is 0 Å². The van der Waals surface area contributed by atoms with Gasteiger partial charge in [-0.05, 0) is 24.3 Å². The number of pyridine rings is 1. The molecule has 8 heteroatoms. The summed E-state index contributed by atoms with van der Waals surface area (Å²) < 4.78 is 1.07. The van der Waals surface area contributed by atoms with E-state index in [4.69, 9.17) is 11.6 Å². The number of amides is 2. The number of nitrogens with zero attached hydrogens (tertiary/aromatic N) is 3. The molecule has 0 fully saturated rings. The van der Waals surface area contributed by atoms with E-state index in [2.05, 4.69) is 15.3 Å². The highest BCUT2D eigenvalue weighted by atomic mass is 16.2. The van der Waals surface area contributed by atoms with Crippen molar-refractivity contribution in [1.82, 2.24) is 14.6 Å². The summed E-state index contributed by atoms with van der Waals surface area (Å²) >= 11 is 0. The SMILES string of the molecule is NC(=O)c1c(-c2ccc(C(=O)Nc3ccccn3)cc2)ncn1N. The van der Waals surface area contributed by atoms with Gasteiger partial charge in [0.2, 0.25) is 0 Å². The monoisotopic (exact) mass is 322 g/mol. The normalized spacial score (nSPS) is 10.3. The smallest absolute Gasteiger partial charge is 0.269 e. The first-order chi connectivity index (χ1) is 11.6. The molecule has 24 heavy (non-hydrogen) atoms. The van der Waals surface area contributed by atoms with E-state index in [1.807, 2.05) is 0 Å². The Bertz CT molecular complexity index is 887. The van der Waals surface area contributed by atoms with E-state index in [0.29, 0.717) is 22.6 Å². The molecule has 2 amide bonds. The van der Waals surface area contributed by atoms with E-state index < -0.39 is 5.91 Å². The van der Waals surface area contributed by atoms with Gasteiger partial charge in [0.15, 0.2) is 5.69 Å². The molecule has 3 aromatic rings. The van der Waals surface area contributed by atoms with Crippen molar-refractivity contribution in [2.75, 3.05) is 11.2 Å². The Hall–Kier alpha value is -3.68. The summed E-state index contributed by atoms with van der Waals surface area (Å²) in [5.41, 5.74) is 6.84. The minimum atomic E-state index is -0.679. The second-order valence-electron chi connectivity index (χ2n) is 4.96. The molecule has 0 atom stereocenters. The van der Waals surface area contributed by atoms with Crippen molar-refractivity contribution < 1.29 is 9.59 Å². The molecule has 120 valence electrons. The third-order valence-electron chi connectivity index (χ3n) is 3.35. The van der Waals surface area contributed by atoms with E-state index in [0.717, 1.165) is 4.68 Å². The van der Waals surface area contributed by atoms with Crippen molar-refractivity contribution in [2.24, 2.45) is 5.73 Å². The van der Waals surface area contributed by atoms with Gasteiger partial charge in [0.25, 0.3) is 11.8 Å². The molecule has 0 bridgehead atoms. The molecule has 0 aliphatic rings. The van der Waals surface area contributed by atoms with Gasteiger partial charge in [-0.3, -0.25) is 9.59 Å². The fourth-order valence-corrected chi connectivity index (χ4v) is 2.22. The van der Waals surface area contributed by atoms with Crippen LogP contribution in [0, 0.1) is 0 Å². The summed E-state index contributed by atoms with van der Waals surface area (Å²) in [4.78, 5) is 31.8. The zero-order valence-corrected chi connectivity index (χ0v) is 12.5. The largest absolute Gasteiger partial charge is 0.364 e. The lowest BCUT2D eigenvalue weighted by Crippen LogP contribution is -2.21. The zero-order chi connectivity index (χ0) is 17.1.